The van der Waals surface area contributed by atoms with Gasteiger partial charge in [0.1, 0.15) is 34.5 Å². The number of hydrogen-bond acceptors (Lipinski definition) is 6. The maximum absolute atomic E-state index is 7.45. The highest BCUT2D eigenvalue weighted by molar-refractivity contribution is 7.01. The average molecular weight is 1100 g/mol. The summed E-state index contributed by atoms with van der Waals surface area (Å²) in [6.45, 7) is 27.3. The number of para-hydroxylation sites is 4. The summed E-state index contributed by atoms with van der Waals surface area (Å²) in [7, 11) is 0. The Morgan fingerprint density at radius 1 is 0.571 bits per heavy atom. The number of ether oxygens (including phenoxy) is 3. The zero-order valence-electron chi connectivity index (χ0n) is 50.4. The quantitative estimate of drug-likeness (QED) is 0.0798. The van der Waals surface area contributed by atoms with Crippen LogP contribution in [-0.4, -0.2) is 13.4 Å². The molecule has 0 aliphatic carbocycles. The minimum Gasteiger partial charge on any atom is -0.458 e. The molecule has 0 saturated heterocycles. The molecule has 5 heterocycles. The molecule has 5 aliphatic rings. The first-order chi connectivity index (χ1) is 40.7. The Labute approximate surface area is 498 Å². The number of benzene rings is 8. The molecule has 0 unspecified atom stereocenters. The fourth-order valence-corrected chi connectivity index (χ4v) is 13.6. The van der Waals surface area contributed by atoms with E-state index in [4.69, 9.17) is 14.2 Å². The molecule has 0 aromatic heterocycles. The second-order valence-electron chi connectivity index (χ2n) is 24.6. The van der Waals surface area contributed by atoms with Crippen LogP contribution >= 0.6 is 0 Å². The molecular formula is C76H73B2N3O3. The van der Waals surface area contributed by atoms with Gasteiger partial charge in [-0.3, -0.25) is 0 Å². The average Bonchev–Trinajstić information content (AvgIpc) is 0.770. The van der Waals surface area contributed by atoms with Crippen molar-refractivity contribution in [2.75, 3.05) is 14.7 Å². The van der Waals surface area contributed by atoms with E-state index >= 15 is 0 Å². The van der Waals surface area contributed by atoms with Gasteiger partial charge in [0.25, 0.3) is 13.4 Å². The van der Waals surface area contributed by atoms with Crippen molar-refractivity contribution in [1.82, 2.24) is 0 Å². The van der Waals surface area contributed by atoms with E-state index in [9.17, 15) is 0 Å². The number of aryl methyl sites for hydroxylation is 1. The zero-order chi connectivity index (χ0) is 58.1. The lowest BCUT2D eigenvalue weighted by atomic mass is 9.29. The molecular weight excluding hydrogens is 1020 g/mol. The van der Waals surface area contributed by atoms with Gasteiger partial charge in [-0.25, -0.2) is 0 Å². The van der Waals surface area contributed by atoms with E-state index in [2.05, 4.69) is 218 Å². The highest BCUT2D eigenvalue weighted by Gasteiger charge is 2.51. The third-order valence-corrected chi connectivity index (χ3v) is 17.5. The SMILES string of the molecule is C=C(C)/C=C(\C=C(/C)CCCC)N1C2=CC(C)=C(CCC)c3cc(C)cc4c3B3c5cc6c(cc5N(c5ccccc5)c5cc(Oc7ccccc7)cc(c53)O4)N(c3ccccc3)c3cc(Oc4ccccc4)cc1c3B6/C2=C(/C)C(C)(C)C. The van der Waals surface area contributed by atoms with Crippen LogP contribution in [0.25, 0.3) is 5.57 Å². The highest BCUT2D eigenvalue weighted by Crippen LogP contribution is 2.52. The molecule has 8 aromatic carbocycles. The number of hydrogen-bond donors (Lipinski definition) is 0. The number of rotatable bonds is 14. The van der Waals surface area contributed by atoms with Gasteiger partial charge in [0.05, 0.1) is 0 Å². The van der Waals surface area contributed by atoms with Crippen LogP contribution in [0.15, 0.2) is 234 Å². The van der Waals surface area contributed by atoms with Gasteiger partial charge in [-0.05, 0) is 193 Å². The van der Waals surface area contributed by atoms with Crippen LogP contribution in [0.4, 0.5) is 39.8 Å². The lowest BCUT2D eigenvalue weighted by Gasteiger charge is -2.49. The number of anilines is 7. The van der Waals surface area contributed by atoms with Gasteiger partial charge < -0.3 is 28.9 Å². The first-order valence-electron chi connectivity index (χ1n) is 30.2. The standard InChI is InChI=1S/C76H73B2N3O3/c1-12-14-28-49(5)38-55(37-48(3)4)81-66-41-51(7)60(27-13-2)61-39-50(6)40-70-73(61)78-63-46-62-64(47-65(63)80(54-31-21-16-22-32-54)69-44-59(45-71(84-70)75(69)78)83-57-35-25-18-26-36-57)79(53-29-19-15-20-30-53)67-42-58(82-56-33-23-17-24-34-56)43-68(81)74(67)77(62)72(66)52(8)76(9,10)11/h15-26,29-47H,3,12-14,27-28H2,1-2,4-11H3/b49-38+,55-37+,60-51?,66-41?,72-52-. The predicted octanol–water partition coefficient (Wildman–Crippen LogP) is 18.2. The second-order valence-corrected chi connectivity index (χ2v) is 24.6. The summed E-state index contributed by atoms with van der Waals surface area (Å²) in [5.41, 5.74) is 25.3. The van der Waals surface area contributed by atoms with Crippen LogP contribution in [0.5, 0.6) is 34.5 Å². The Morgan fingerprint density at radius 3 is 1.69 bits per heavy atom. The Balaban J connectivity index is 1.25. The van der Waals surface area contributed by atoms with E-state index in [1.54, 1.807) is 0 Å². The van der Waals surface area contributed by atoms with Crippen LogP contribution in [0.2, 0.25) is 0 Å². The number of nitrogens with zero attached hydrogens (tertiary/aromatic N) is 3. The summed E-state index contributed by atoms with van der Waals surface area (Å²) in [6, 6.07) is 61.0. The molecule has 0 atom stereocenters. The fourth-order valence-electron chi connectivity index (χ4n) is 13.6. The number of fused-ring (bicyclic) bond motifs is 1. The van der Waals surface area contributed by atoms with Crippen molar-refractivity contribution in [2.24, 2.45) is 5.41 Å². The van der Waals surface area contributed by atoms with Crippen LogP contribution in [0.1, 0.15) is 106 Å². The maximum atomic E-state index is 7.45. The molecule has 0 amide bonds. The van der Waals surface area contributed by atoms with Gasteiger partial charge in [-0.2, -0.15) is 0 Å². The van der Waals surface area contributed by atoms with Gasteiger partial charge in [0.2, 0.25) is 0 Å². The van der Waals surface area contributed by atoms with E-state index in [-0.39, 0.29) is 18.8 Å². The Morgan fingerprint density at radius 2 is 1.12 bits per heavy atom. The van der Waals surface area contributed by atoms with E-state index in [1.165, 1.54) is 55.2 Å². The van der Waals surface area contributed by atoms with Gasteiger partial charge in [-0.15, -0.1) is 0 Å². The summed E-state index contributed by atoms with van der Waals surface area (Å²) in [4.78, 5) is 7.57. The number of unbranched alkanes of at least 4 members (excludes halogenated alkanes) is 1. The second kappa shape index (κ2) is 21.7. The highest BCUT2D eigenvalue weighted by atomic mass is 16.5. The van der Waals surface area contributed by atoms with Crippen molar-refractivity contribution in [3.8, 4) is 34.5 Å². The molecule has 0 N–H and O–H groups in total. The van der Waals surface area contributed by atoms with Crippen molar-refractivity contribution < 1.29 is 14.2 Å². The van der Waals surface area contributed by atoms with Crippen molar-refractivity contribution in [3.05, 3.63) is 245 Å². The molecule has 416 valence electrons. The van der Waals surface area contributed by atoms with E-state index in [0.29, 0.717) is 5.75 Å². The number of allylic oxidation sites excluding steroid dienone is 9. The maximum Gasteiger partial charge on any atom is 0.257 e. The van der Waals surface area contributed by atoms with Crippen molar-refractivity contribution in [2.45, 2.75) is 101 Å². The normalized spacial score (nSPS) is 15.4. The first-order valence-corrected chi connectivity index (χ1v) is 30.2. The van der Waals surface area contributed by atoms with Gasteiger partial charge in [0.15, 0.2) is 0 Å². The molecule has 13 rings (SSSR count). The summed E-state index contributed by atoms with van der Waals surface area (Å²) in [5.74, 6) is 4.66. The smallest absolute Gasteiger partial charge is 0.257 e. The molecule has 0 fully saturated rings. The van der Waals surface area contributed by atoms with E-state index in [0.717, 1.165) is 129 Å². The monoisotopic (exact) mass is 1100 g/mol. The third-order valence-electron chi connectivity index (χ3n) is 17.5. The molecule has 0 radical (unpaired) electrons. The minimum atomic E-state index is -0.234. The minimum absolute atomic E-state index is 0.215. The van der Waals surface area contributed by atoms with Crippen LogP contribution in [0, 0.1) is 12.3 Å². The molecule has 6 nitrogen and oxygen atoms in total. The van der Waals surface area contributed by atoms with Crippen LogP contribution < -0.4 is 56.2 Å². The largest absolute Gasteiger partial charge is 0.458 e. The van der Waals surface area contributed by atoms with Crippen molar-refractivity contribution in [3.63, 3.8) is 0 Å². The van der Waals surface area contributed by atoms with E-state index in [1.807, 2.05) is 60.7 Å². The Hall–Kier alpha value is -8.87. The Bertz CT molecular complexity index is 4110. The molecule has 84 heavy (non-hydrogen) atoms. The fraction of sp³-hybridized carbons (Fsp3) is 0.211. The Kier molecular flexibility index (Phi) is 14.1. The lowest BCUT2D eigenvalue weighted by Crippen LogP contribution is -2.63. The summed E-state index contributed by atoms with van der Waals surface area (Å²) >= 11 is 0. The predicted molar refractivity (Wildman–Crippen MR) is 356 cm³/mol. The van der Waals surface area contributed by atoms with Crippen molar-refractivity contribution in [1.29, 1.82) is 0 Å². The third kappa shape index (κ3) is 9.50. The van der Waals surface area contributed by atoms with E-state index < -0.39 is 0 Å². The zero-order valence-corrected chi connectivity index (χ0v) is 50.4. The molecule has 5 aliphatic heterocycles. The molecule has 0 spiro atoms. The van der Waals surface area contributed by atoms with Gasteiger partial charge in [0, 0.05) is 75.5 Å². The summed E-state index contributed by atoms with van der Waals surface area (Å²) in [6.07, 6.45) is 12.3. The molecule has 4 bridgehead atoms. The molecule has 8 heteroatoms. The van der Waals surface area contributed by atoms with Gasteiger partial charge >= 0.3 is 0 Å². The molecule has 8 aromatic rings. The summed E-state index contributed by atoms with van der Waals surface area (Å²) < 4.78 is 21.4. The lowest BCUT2D eigenvalue weighted by molar-refractivity contribution is 0.463. The summed E-state index contributed by atoms with van der Waals surface area (Å²) in [5, 5.41) is 0. The van der Waals surface area contributed by atoms with Gasteiger partial charge in [-0.1, -0.05) is 156 Å². The topological polar surface area (TPSA) is 37.4 Å². The molecule has 0 saturated carbocycles. The van der Waals surface area contributed by atoms with Crippen LogP contribution in [-0.2, 0) is 0 Å². The van der Waals surface area contributed by atoms with Crippen molar-refractivity contribution >= 4 is 86.1 Å². The first kappa shape index (κ1) is 54.4. The van der Waals surface area contributed by atoms with Crippen LogP contribution in [0.3, 0.4) is 0 Å².